The van der Waals surface area contributed by atoms with Gasteiger partial charge in [-0.05, 0) is 36.8 Å². The van der Waals surface area contributed by atoms with Crippen molar-refractivity contribution in [1.82, 2.24) is 15.2 Å². The van der Waals surface area contributed by atoms with E-state index in [0.29, 0.717) is 23.3 Å². The molecule has 22 heavy (non-hydrogen) atoms. The molecule has 0 aliphatic carbocycles. The third-order valence-corrected chi connectivity index (χ3v) is 3.50. The fraction of sp³-hybridized carbons (Fsp3) is 0.133. The maximum absolute atomic E-state index is 6.11. The van der Waals surface area contributed by atoms with E-state index in [1.54, 1.807) is 12.5 Å². The van der Waals surface area contributed by atoms with Gasteiger partial charge in [0.2, 0.25) is 5.95 Å². The predicted molar refractivity (Wildman–Crippen MR) is 85.3 cm³/mol. The molecule has 7 heteroatoms. The summed E-state index contributed by atoms with van der Waals surface area (Å²) in [4.78, 5) is 4.36. The molecule has 0 unspecified atom stereocenters. The second kappa shape index (κ2) is 6.44. The molecule has 2 N–H and O–H groups in total. The van der Waals surface area contributed by atoms with Crippen LogP contribution >= 0.6 is 11.6 Å². The Labute approximate surface area is 132 Å². The summed E-state index contributed by atoms with van der Waals surface area (Å²) < 4.78 is 5.24. The number of aromatic nitrogens is 3. The van der Waals surface area contributed by atoms with Crippen LogP contribution in [-0.2, 0) is 6.54 Å². The number of nitrogens with zero attached hydrogens (tertiary/aromatic N) is 3. The van der Waals surface area contributed by atoms with Gasteiger partial charge >= 0.3 is 0 Å². The largest absolute Gasteiger partial charge is 0.467 e. The lowest BCUT2D eigenvalue weighted by atomic mass is 10.2. The van der Waals surface area contributed by atoms with Gasteiger partial charge in [-0.3, -0.25) is 0 Å². The summed E-state index contributed by atoms with van der Waals surface area (Å²) in [5.41, 5.74) is 1.83. The van der Waals surface area contributed by atoms with Gasteiger partial charge in [0.15, 0.2) is 5.82 Å². The summed E-state index contributed by atoms with van der Waals surface area (Å²) in [6.07, 6.45) is 3.18. The lowest BCUT2D eigenvalue weighted by Crippen LogP contribution is -2.06. The van der Waals surface area contributed by atoms with Gasteiger partial charge in [-0.25, -0.2) is 0 Å². The Kier molecular flexibility index (Phi) is 4.20. The first-order chi connectivity index (χ1) is 10.7. The maximum Gasteiger partial charge on any atom is 0.245 e. The Balaban J connectivity index is 1.72. The smallest absolute Gasteiger partial charge is 0.245 e. The highest BCUT2D eigenvalue weighted by Crippen LogP contribution is 2.25. The van der Waals surface area contributed by atoms with Crippen molar-refractivity contribution >= 4 is 29.1 Å². The van der Waals surface area contributed by atoms with Crippen molar-refractivity contribution < 1.29 is 4.42 Å². The van der Waals surface area contributed by atoms with Crippen molar-refractivity contribution in [1.29, 1.82) is 0 Å². The fourth-order valence-corrected chi connectivity index (χ4v) is 2.07. The molecule has 3 rings (SSSR count). The number of nitrogens with one attached hydrogen (secondary N) is 2. The Morgan fingerprint density at radius 3 is 2.95 bits per heavy atom. The molecule has 3 aromatic rings. The van der Waals surface area contributed by atoms with Crippen LogP contribution in [0.4, 0.5) is 17.5 Å². The Morgan fingerprint density at radius 2 is 2.14 bits per heavy atom. The normalized spacial score (nSPS) is 10.5. The molecule has 0 fully saturated rings. The van der Waals surface area contributed by atoms with E-state index < -0.39 is 0 Å². The number of anilines is 3. The number of hydrogen-bond acceptors (Lipinski definition) is 6. The summed E-state index contributed by atoms with van der Waals surface area (Å²) in [6, 6.07) is 9.35. The van der Waals surface area contributed by atoms with Crippen LogP contribution in [0, 0.1) is 6.92 Å². The van der Waals surface area contributed by atoms with Crippen LogP contribution in [-0.4, -0.2) is 15.2 Å². The second-order valence-electron chi connectivity index (χ2n) is 4.64. The summed E-state index contributed by atoms with van der Waals surface area (Å²) in [5.74, 6) is 1.80. The van der Waals surface area contributed by atoms with Crippen molar-refractivity contribution in [3.05, 3.63) is 59.1 Å². The van der Waals surface area contributed by atoms with Crippen molar-refractivity contribution in [3.8, 4) is 0 Å². The molecule has 112 valence electrons. The molecule has 0 amide bonds. The molecule has 0 aliphatic rings. The van der Waals surface area contributed by atoms with E-state index in [1.165, 1.54) is 0 Å². The molecular formula is C15H14ClN5O. The second-order valence-corrected chi connectivity index (χ2v) is 5.04. The van der Waals surface area contributed by atoms with Crippen LogP contribution in [0.1, 0.15) is 11.3 Å². The van der Waals surface area contributed by atoms with Crippen LogP contribution in [0.25, 0.3) is 0 Å². The molecule has 0 radical (unpaired) electrons. The molecule has 2 aromatic heterocycles. The van der Waals surface area contributed by atoms with Gasteiger partial charge in [0.1, 0.15) is 5.76 Å². The van der Waals surface area contributed by atoms with Gasteiger partial charge in [0.05, 0.1) is 19.0 Å². The zero-order chi connectivity index (χ0) is 15.4. The van der Waals surface area contributed by atoms with E-state index in [1.807, 2.05) is 37.3 Å². The Bertz CT molecular complexity index is 760. The predicted octanol–water partition coefficient (Wildman–Crippen LogP) is 3.78. The number of hydrogen-bond donors (Lipinski definition) is 2. The molecule has 0 saturated carbocycles. The van der Waals surface area contributed by atoms with E-state index in [9.17, 15) is 0 Å². The van der Waals surface area contributed by atoms with Crippen LogP contribution in [0.5, 0.6) is 0 Å². The molecule has 0 saturated heterocycles. The highest BCUT2D eigenvalue weighted by atomic mass is 35.5. The maximum atomic E-state index is 6.11. The van der Waals surface area contributed by atoms with Gasteiger partial charge in [-0.15, -0.1) is 5.10 Å². The van der Waals surface area contributed by atoms with E-state index in [0.717, 1.165) is 17.0 Å². The van der Waals surface area contributed by atoms with E-state index >= 15 is 0 Å². The molecule has 2 heterocycles. The third-order valence-electron chi connectivity index (χ3n) is 3.09. The van der Waals surface area contributed by atoms with Gasteiger partial charge in [-0.1, -0.05) is 17.7 Å². The number of benzene rings is 1. The monoisotopic (exact) mass is 315 g/mol. The van der Waals surface area contributed by atoms with Gasteiger partial charge in [0, 0.05) is 10.7 Å². The lowest BCUT2D eigenvalue weighted by molar-refractivity contribution is 0.517. The molecule has 0 aliphatic heterocycles. The topological polar surface area (TPSA) is 75.9 Å². The van der Waals surface area contributed by atoms with Crippen molar-refractivity contribution in [2.24, 2.45) is 0 Å². The minimum atomic E-state index is 0.418. The van der Waals surface area contributed by atoms with Crippen molar-refractivity contribution in [3.63, 3.8) is 0 Å². The zero-order valence-electron chi connectivity index (χ0n) is 11.9. The fourth-order valence-electron chi connectivity index (χ4n) is 1.90. The summed E-state index contributed by atoms with van der Waals surface area (Å²) in [7, 11) is 0. The van der Waals surface area contributed by atoms with E-state index in [4.69, 9.17) is 16.0 Å². The number of furan rings is 1. The third kappa shape index (κ3) is 3.35. The standard InChI is InChI=1S/C15H14ClN5O/c1-10-12(16)5-2-6-13(10)19-14-9-18-21-15(20-14)17-8-11-4-3-7-22-11/h2-7,9H,8H2,1H3,(H2,17,19,20,21). The average Bonchev–Trinajstić information content (AvgIpc) is 3.04. The molecule has 1 aromatic carbocycles. The number of halogens is 1. The lowest BCUT2D eigenvalue weighted by Gasteiger charge is -2.10. The molecule has 0 atom stereocenters. The zero-order valence-corrected chi connectivity index (χ0v) is 12.6. The number of rotatable bonds is 5. The summed E-state index contributed by atoms with van der Waals surface area (Å²) >= 11 is 6.11. The van der Waals surface area contributed by atoms with Gasteiger partial charge in [-0.2, -0.15) is 10.1 Å². The van der Waals surface area contributed by atoms with Crippen LogP contribution in [0.3, 0.4) is 0 Å². The van der Waals surface area contributed by atoms with Crippen LogP contribution < -0.4 is 10.6 Å². The first-order valence-electron chi connectivity index (χ1n) is 6.70. The van der Waals surface area contributed by atoms with Crippen molar-refractivity contribution in [2.45, 2.75) is 13.5 Å². The average molecular weight is 316 g/mol. The molecule has 0 bridgehead atoms. The molecule has 0 spiro atoms. The first-order valence-corrected chi connectivity index (χ1v) is 7.08. The van der Waals surface area contributed by atoms with Crippen LogP contribution in [0.15, 0.2) is 47.2 Å². The Hall–Kier alpha value is -2.60. The van der Waals surface area contributed by atoms with E-state index in [-0.39, 0.29) is 0 Å². The van der Waals surface area contributed by atoms with E-state index in [2.05, 4.69) is 25.8 Å². The molecule has 6 nitrogen and oxygen atoms in total. The molecular weight excluding hydrogens is 302 g/mol. The van der Waals surface area contributed by atoms with Crippen molar-refractivity contribution in [2.75, 3.05) is 10.6 Å². The quantitative estimate of drug-likeness (QED) is 0.746. The summed E-state index contributed by atoms with van der Waals surface area (Å²) in [5, 5.41) is 14.8. The SMILES string of the molecule is Cc1c(Cl)cccc1Nc1cnnc(NCc2ccco2)n1. The minimum absolute atomic E-state index is 0.418. The Morgan fingerprint density at radius 1 is 1.23 bits per heavy atom. The highest BCUT2D eigenvalue weighted by molar-refractivity contribution is 6.31. The minimum Gasteiger partial charge on any atom is -0.467 e. The summed E-state index contributed by atoms with van der Waals surface area (Å²) in [6.45, 7) is 2.43. The van der Waals surface area contributed by atoms with Crippen LogP contribution in [0.2, 0.25) is 5.02 Å². The van der Waals surface area contributed by atoms with Gasteiger partial charge < -0.3 is 15.1 Å². The highest BCUT2D eigenvalue weighted by Gasteiger charge is 2.05. The first kappa shape index (κ1) is 14.3. The van der Waals surface area contributed by atoms with Gasteiger partial charge in [0.25, 0.3) is 0 Å².